The predicted octanol–water partition coefficient (Wildman–Crippen LogP) is 2.98. The van der Waals surface area contributed by atoms with Crippen molar-refractivity contribution in [3.63, 3.8) is 0 Å². The van der Waals surface area contributed by atoms with Crippen molar-refractivity contribution in [1.82, 2.24) is 10.2 Å². The van der Waals surface area contributed by atoms with Gasteiger partial charge in [0, 0.05) is 25.3 Å². The lowest BCUT2D eigenvalue weighted by molar-refractivity contribution is -0.133. The zero-order chi connectivity index (χ0) is 15.5. The molecule has 4 nitrogen and oxygen atoms in total. The number of rotatable bonds is 6. The first-order chi connectivity index (χ1) is 10.0. The molecule has 0 spiro atoms. The highest BCUT2D eigenvalue weighted by molar-refractivity contribution is 6.30. The van der Waals surface area contributed by atoms with Gasteiger partial charge in [-0.3, -0.25) is 10.1 Å². The number of nitrogens with zero attached hydrogens (tertiary/aromatic N) is 1. The average Bonchev–Trinajstić information content (AvgIpc) is 2.73. The van der Waals surface area contributed by atoms with E-state index in [2.05, 4.69) is 5.32 Å². The molecule has 1 aliphatic heterocycles. The van der Waals surface area contributed by atoms with Crippen LogP contribution in [0.4, 0.5) is 0 Å². The van der Waals surface area contributed by atoms with Gasteiger partial charge in [0.25, 0.3) is 0 Å². The molecule has 5 heteroatoms. The van der Waals surface area contributed by atoms with Crippen LogP contribution in [0.15, 0.2) is 24.3 Å². The van der Waals surface area contributed by atoms with Crippen molar-refractivity contribution >= 4 is 17.5 Å². The number of methoxy groups -OCH3 is 1. The monoisotopic (exact) mass is 310 g/mol. The Morgan fingerprint density at radius 1 is 1.48 bits per heavy atom. The van der Waals surface area contributed by atoms with Gasteiger partial charge in [0.05, 0.1) is 5.54 Å². The van der Waals surface area contributed by atoms with Crippen LogP contribution >= 0.6 is 11.6 Å². The SMILES string of the molecule is CCC1(C)NC(c2cccc(Cl)c2)N(CCCOC)C1=O. The molecule has 116 valence electrons. The van der Waals surface area contributed by atoms with E-state index in [-0.39, 0.29) is 12.1 Å². The molecule has 1 heterocycles. The van der Waals surface area contributed by atoms with Crippen LogP contribution in [0.3, 0.4) is 0 Å². The zero-order valence-corrected chi connectivity index (χ0v) is 13.6. The summed E-state index contributed by atoms with van der Waals surface area (Å²) in [4.78, 5) is 14.6. The zero-order valence-electron chi connectivity index (χ0n) is 12.9. The molecule has 21 heavy (non-hydrogen) atoms. The van der Waals surface area contributed by atoms with Gasteiger partial charge in [-0.15, -0.1) is 0 Å². The van der Waals surface area contributed by atoms with Gasteiger partial charge in [-0.25, -0.2) is 0 Å². The van der Waals surface area contributed by atoms with E-state index in [1.165, 1.54) is 0 Å². The molecule has 2 unspecified atom stereocenters. The van der Waals surface area contributed by atoms with E-state index in [1.807, 2.05) is 43.0 Å². The molecule has 1 amide bonds. The Hall–Kier alpha value is -1.10. The first-order valence-electron chi connectivity index (χ1n) is 7.35. The fraction of sp³-hybridized carbons (Fsp3) is 0.562. The van der Waals surface area contributed by atoms with Gasteiger partial charge >= 0.3 is 0 Å². The van der Waals surface area contributed by atoms with Gasteiger partial charge in [0.15, 0.2) is 0 Å². The van der Waals surface area contributed by atoms with Crippen molar-refractivity contribution in [3.8, 4) is 0 Å². The van der Waals surface area contributed by atoms with Crippen LogP contribution in [-0.2, 0) is 9.53 Å². The summed E-state index contributed by atoms with van der Waals surface area (Å²) in [7, 11) is 1.68. The maximum absolute atomic E-state index is 12.7. The second-order valence-corrected chi connectivity index (χ2v) is 6.07. The molecule has 2 rings (SSSR count). The Bertz CT molecular complexity index is 509. The van der Waals surface area contributed by atoms with Crippen molar-refractivity contribution in [1.29, 1.82) is 0 Å². The number of nitrogens with one attached hydrogen (secondary N) is 1. The normalized spacial score (nSPS) is 25.6. The molecule has 1 aromatic carbocycles. The molecular formula is C16H23ClN2O2. The Morgan fingerprint density at radius 2 is 2.24 bits per heavy atom. The third-order valence-electron chi connectivity index (χ3n) is 4.12. The second-order valence-electron chi connectivity index (χ2n) is 5.63. The van der Waals surface area contributed by atoms with E-state index in [4.69, 9.17) is 16.3 Å². The quantitative estimate of drug-likeness (QED) is 0.821. The summed E-state index contributed by atoms with van der Waals surface area (Å²) in [6.07, 6.45) is 1.45. The molecule has 1 fully saturated rings. The van der Waals surface area contributed by atoms with E-state index in [9.17, 15) is 4.79 Å². The van der Waals surface area contributed by atoms with Gasteiger partial charge in [-0.2, -0.15) is 0 Å². The Morgan fingerprint density at radius 3 is 2.86 bits per heavy atom. The molecule has 0 radical (unpaired) electrons. The molecule has 1 N–H and O–H groups in total. The highest BCUT2D eigenvalue weighted by Gasteiger charge is 2.46. The maximum Gasteiger partial charge on any atom is 0.244 e. The fourth-order valence-electron chi connectivity index (χ4n) is 2.68. The smallest absolute Gasteiger partial charge is 0.244 e. The number of amides is 1. The fourth-order valence-corrected chi connectivity index (χ4v) is 2.88. The molecular weight excluding hydrogens is 288 g/mol. The van der Waals surface area contributed by atoms with E-state index in [0.29, 0.717) is 18.2 Å². The molecule has 1 aromatic rings. The maximum atomic E-state index is 12.7. The number of hydrogen-bond acceptors (Lipinski definition) is 3. The molecule has 0 bridgehead atoms. The van der Waals surface area contributed by atoms with Crippen molar-refractivity contribution in [2.75, 3.05) is 20.3 Å². The first kappa shape index (κ1) is 16.3. The summed E-state index contributed by atoms with van der Waals surface area (Å²) in [5.74, 6) is 0.145. The highest BCUT2D eigenvalue weighted by Crippen LogP contribution is 2.33. The Kier molecular flexibility index (Phi) is 5.25. The molecule has 0 saturated carbocycles. The van der Waals surface area contributed by atoms with Crippen LogP contribution in [-0.4, -0.2) is 36.6 Å². The van der Waals surface area contributed by atoms with Crippen LogP contribution in [0.1, 0.15) is 38.4 Å². The summed E-state index contributed by atoms with van der Waals surface area (Å²) >= 11 is 6.09. The van der Waals surface area contributed by atoms with Crippen molar-refractivity contribution in [3.05, 3.63) is 34.9 Å². The number of halogens is 1. The molecule has 1 aliphatic rings. The Labute approximate surface area is 131 Å². The van der Waals surface area contributed by atoms with Crippen LogP contribution in [0.5, 0.6) is 0 Å². The van der Waals surface area contributed by atoms with E-state index in [0.717, 1.165) is 18.4 Å². The number of hydrogen-bond donors (Lipinski definition) is 1. The topological polar surface area (TPSA) is 41.6 Å². The van der Waals surface area contributed by atoms with Crippen LogP contribution < -0.4 is 5.32 Å². The van der Waals surface area contributed by atoms with E-state index < -0.39 is 5.54 Å². The summed E-state index contributed by atoms with van der Waals surface area (Å²) < 4.78 is 5.10. The minimum absolute atomic E-state index is 0.127. The minimum Gasteiger partial charge on any atom is -0.385 e. The summed E-state index contributed by atoms with van der Waals surface area (Å²) in [5.41, 5.74) is 0.505. The third-order valence-corrected chi connectivity index (χ3v) is 4.35. The van der Waals surface area contributed by atoms with Crippen LogP contribution in [0, 0.1) is 0 Å². The van der Waals surface area contributed by atoms with Gasteiger partial charge in [-0.05, 0) is 37.5 Å². The molecule has 0 aromatic heterocycles. The lowest BCUT2D eigenvalue weighted by atomic mass is 9.99. The third kappa shape index (κ3) is 3.39. The number of benzene rings is 1. The lowest BCUT2D eigenvalue weighted by Crippen LogP contribution is -2.43. The number of carbonyl (C=O) groups is 1. The number of carbonyl (C=O) groups excluding carboxylic acids is 1. The number of ether oxygens (including phenoxy) is 1. The lowest BCUT2D eigenvalue weighted by Gasteiger charge is -2.24. The summed E-state index contributed by atoms with van der Waals surface area (Å²) in [6, 6.07) is 7.67. The average molecular weight is 311 g/mol. The summed E-state index contributed by atoms with van der Waals surface area (Å²) in [6.45, 7) is 5.31. The van der Waals surface area contributed by atoms with Crippen molar-refractivity contribution in [2.24, 2.45) is 0 Å². The molecule has 1 saturated heterocycles. The first-order valence-corrected chi connectivity index (χ1v) is 7.73. The van der Waals surface area contributed by atoms with Gasteiger partial charge in [0.2, 0.25) is 5.91 Å². The van der Waals surface area contributed by atoms with Gasteiger partial charge in [0.1, 0.15) is 6.17 Å². The molecule has 2 atom stereocenters. The van der Waals surface area contributed by atoms with Crippen molar-refractivity contribution in [2.45, 2.75) is 38.4 Å². The Balaban J connectivity index is 2.25. The minimum atomic E-state index is -0.514. The van der Waals surface area contributed by atoms with Crippen LogP contribution in [0.2, 0.25) is 5.02 Å². The van der Waals surface area contributed by atoms with Gasteiger partial charge in [-0.1, -0.05) is 30.7 Å². The van der Waals surface area contributed by atoms with E-state index >= 15 is 0 Å². The second kappa shape index (κ2) is 6.77. The largest absolute Gasteiger partial charge is 0.385 e. The van der Waals surface area contributed by atoms with Crippen molar-refractivity contribution < 1.29 is 9.53 Å². The highest BCUT2D eigenvalue weighted by atomic mass is 35.5. The van der Waals surface area contributed by atoms with Gasteiger partial charge < -0.3 is 9.64 Å². The van der Waals surface area contributed by atoms with Crippen LogP contribution in [0.25, 0.3) is 0 Å². The summed E-state index contributed by atoms with van der Waals surface area (Å²) in [5, 5.41) is 4.15. The molecule has 0 aliphatic carbocycles. The predicted molar refractivity (Wildman–Crippen MR) is 84.2 cm³/mol. The van der Waals surface area contributed by atoms with E-state index in [1.54, 1.807) is 7.11 Å². The standard InChI is InChI=1S/C16H23ClN2O2/c1-4-16(2)15(20)19(9-6-10-21-3)14(18-16)12-7-5-8-13(17)11-12/h5,7-8,11,14,18H,4,6,9-10H2,1-3H3.